The molecule has 0 spiro atoms. The van der Waals surface area contributed by atoms with E-state index in [4.69, 9.17) is 9.47 Å². The first kappa shape index (κ1) is 20.2. The minimum Gasteiger partial charge on any atom is -0.485 e. The number of fused-ring (bicyclic) bond motifs is 1. The van der Waals surface area contributed by atoms with Crippen molar-refractivity contribution in [2.24, 2.45) is 0 Å². The van der Waals surface area contributed by atoms with Gasteiger partial charge in [-0.15, -0.1) is 0 Å². The van der Waals surface area contributed by atoms with E-state index in [1.54, 1.807) is 23.9 Å². The minimum absolute atomic E-state index is 0.0431. The summed E-state index contributed by atoms with van der Waals surface area (Å²) in [7, 11) is 3.55. The van der Waals surface area contributed by atoms with E-state index >= 15 is 0 Å². The first-order chi connectivity index (χ1) is 14.5. The number of piperazine rings is 1. The van der Waals surface area contributed by atoms with E-state index in [-0.39, 0.29) is 24.5 Å². The minimum atomic E-state index is -0.639. The van der Waals surface area contributed by atoms with E-state index in [1.165, 1.54) is 0 Å². The highest BCUT2D eigenvalue weighted by atomic mass is 16.6. The second-order valence-electron chi connectivity index (χ2n) is 7.77. The van der Waals surface area contributed by atoms with E-state index in [0.29, 0.717) is 37.7 Å². The Kier molecular flexibility index (Phi) is 5.90. The Hall–Kier alpha value is -3.06. The van der Waals surface area contributed by atoms with Gasteiger partial charge in [-0.3, -0.25) is 14.5 Å². The third kappa shape index (κ3) is 4.11. The predicted octanol–water partition coefficient (Wildman–Crippen LogP) is 1.80. The van der Waals surface area contributed by atoms with Crippen LogP contribution in [0.4, 0.5) is 0 Å². The molecule has 1 saturated heterocycles. The van der Waals surface area contributed by atoms with Gasteiger partial charge in [0.2, 0.25) is 12.0 Å². The Bertz CT molecular complexity index is 894. The molecule has 2 aliphatic heterocycles. The van der Waals surface area contributed by atoms with Crippen LogP contribution in [0.15, 0.2) is 54.6 Å². The van der Waals surface area contributed by atoms with Gasteiger partial charge in [-0.2, -0.15) is 0 Å². The summed E-state index contributed by atoms with van der Waals surface area (Å²) in [6.07, 6.45) is -0.639. The zero-order valence-electron chi connectivity index (χ0n) is 17.4. The lowest BCUT2D eigenvalue weighted by atomic mass is 10.0. The van der Waals surface area contributed by atoms with Crippen molar-refractivity contribution in [1.29, 1.82) is 0 Å². The van der Waals surface area contributed by atoms with Gasteiger partial charge in [-0.05, 0) is 17.7 Å². The Labute approximate surface area is 176 Å². The van der Waals surface area contributed by atoms with Gasteiger partial charge in [0.05, 0.1) is 0 Å². The van der Waals surface area contributed by atoms with Crippen molar-refractivity contribution >= 4 is 11.8 Å². The summed E-state index contributed by atoms with van der Waals surface area (Å²) in [5.74, 6) is 1.24. The number of amides is 2. The Morgan fingerprint density at radius 1 is 0.933 bits per heavy atom. The van der Waals surface area contributed by atoms with Crippen molar-refractivity contribution in [3.8, 4) is 11.5 Å². The van der Waals surface area contributed by atoms with E-state index in [1.807, 2.05) is 54.6 Å². The monoisotopic (exact) mass is 409 g/mol. The van der Waals surface area contributed by atoms with Gasteiger partial charge in [-0.25, -0.2) is 0 Å². The number of benzene rings is 2. The van der Waals surface area contributed by atoms with Gasteiger partial charge in [0, 0.05) is 40.3 Å². The van der Waals surface area contributed by atoms with Crippen LogP contribution in [0, 0.1) is 0 Å². The topological polar surface area (TPSA) is 62.3 Å². The summed E-state index contributed by atoms with van der Waals surface area (Å²) in [5.41, 5.74) is 0.969. The number of likely N-dealkylation sites (N-methyl/N-ethyl adjacent to an activating group) is 1. The fourth-order valence-corrected chi connectivity index (χ4v) is 3.93. The molecule has 0 aromatic heterocycles. The third-order valence-electron chi connectivity index (χ3n) is 5.57. The first-order valence-corrected chi connectivity index (χ1v) is 10.2. The van der Waals surface area contributed by atoms with Gasteiger partial charge >= 0.3 is 0 Å². The predicted molar refractivity (Wildman–Crippen MR) is 112 cm³/mol. The molecule has 2 amide bonds. The molecule has 1 fully saturated rings. The highest BCUT2D eigenvalue weighted by Gasteiger charge is 2.36. The molecule has 0 bridgehead atoms. The van der Waals surface area contributed by atoms with Crippen LogP contribution in [0.1, 0.15) is 11.6 Å². The van der Waals surface area contributed by atoms with Gasteiger partial charge < -0.3 is 19.3 Å². The van der Waals surface area contributed by atoms with Crippen LogP contribution in [0.2, 0.25) is 0 Å². The largest absolute Gasteiger partial charge is 0.485 e. The van der Waals surface area contributed by atoms with E-state index in [2.05, 4.69) is 4.90 Å². The maximum absolute atomic E-state index is 13.0. The molecule has 4 rings (SSSR count). The highest BCUT2D eigenvalue weighted by molar-refractivity contribution is 5.83. The molecule has 0 aliphatic carbocycles. The Morgan fingerprint density at radius 2 is 1.57 bits per heavy atom. The van der Waals surface area contributed by atoms with Crippen molar-refractivity contribution < 1.29 is 19.1 Å². The van der Waals surface area contributed by atoms with E-state index in [0.717, 1.165) is 5.56 Å². The van der Waals surface area contributed by atoms with Crippen LogP contribution in [-0.2, 0) is 9.59 Å². The van der Waals surface area contributed by atoms with Gasteiger partial charge in [-0.1, -0.05) is 42.5 Å². The fraction of sp³-hybridized carbons (Fsp3) is 0.391. The average Bonchev–Trinajstić information content (AvgIpc) is 2.79. The van der Waals surface area contributed by atoms with E-state index in [9.17, 15) is 9.59 Å². The lowest BCUT2D eigenvalue weighted by molar-refractivity contribution is -0.144. The van der Waals surface area contributed by atoms with Crippen LogP contribution in [0.25, 0.3) is 0 Å². The Balaban J connectivity index is 1.41. The van der Waals surface area contributed by atoms with Crippen LogP contribution in [-0.4, -0.2) is 79.5 Å². The van der Waals surface area contributed by atoms with Gasteiger partial charge in [0.25, 0.3) is 5.91 Å². The molecule has 7 nitrogen and oxygen atoms in total. The molecule has 0 N–H and O–H groups in total. The Morgan fingerprint density at radius 3 is 2.23 bits per heavy atom. The zero-order chi connectivity index (χ0) is 21.1. The van der Waals surface area contributed by atoms with Crippen molar-refractivity contribution in [3.05, 3.63) is 60.2 Å². The fourth-order valence-electron chi connectivity index (χ4n) is 3.93. The third-order valence-corrected chi connectivity index (χ3v) is 5.57. The second kappa shape index (κ2) is 8.75. The molecule has 0 radical (unpaired) electrons. The average molecular weight is 409 g/mol. The molecule has 158 valence electrons. The maximum atomic E-state index is 13.0. The highest BCUT2D eigenvalue weighted by Crippen LogP contribution is 2.31. The summed E-state index contributed by atoms with van der Waals surface area (Å²) in [4.78, 5) is 31.4. The van der Waals surface area contributed by atoms with E-state index < -0.39 is 6.10 Å². The molecular formula is C23H27N3O4. The molecule has 2 atom stereocenters. The standard InChI is InChI=1S/C23H27N3O4/c1-24(2)23(28)21(17-8-4-3-5-9-17)25-12-14-26(15-13-25)22(27)20-16-29-18-10-6-7-11-19(18)30-20/h3-11,20-21H,12-16H2,1-2H3/t20-,21+/m1/s1. The zero-order valence-corrected chi connectivity index (χ0v) is 17.4. The quantitative estimate of drug-likeness (QED) is 0.771. The van der Waals surface area contributed by atoms with Gasteiger partial charge in [0.1, 0.15) is 12.6 Å². The molecule has 2 aromatic rings. The molecule has 7 heteroatoms. The SMILES string of the molecule is CN(C)C(=O)[C@H](c1ccccc1)N1CCN(C(=O)[C@H]2COc3ccccc3O2)CC1. The summed E-state index contributed by atoms with van der Waals surface area (Å²) < 4.78 is 11.6. The van der Waals surface area contributed by atoms with Gasteiger partial charge in [0.15, 0.2) is 11.5 Å². The molecule has 2 aliphatic rings. The lowest BCUT2D eigenvalue weighted by Gasteiger charge is -2.40. The lowest BCUT2D eigenvalue weighted by Crippen LogP contribution is -2.55. The number of rotatable bonds is 4. The molecular weight excluding hydrogens is 382 g/mol. The molecule has 0 saturated carbocycles. The summed E-state index contributed by atoms with van der Waals surface area (Å²) >= 11 is 0. The number of nitrogens with zero attached hydrogens (tertiary/aromatic N) is 3. The smallest absolute Gasteiger partial charge is 0.267 e. The number of carbonyl (C=O) groups excluding carboxylic acids is 2. The van der Waals surface area contributed by atoms with Crippen LogP contribution in [0.5, 0.6) is 11.5 Å². The summed E-state index contributed by atoms with van der Waals surface area (Å²) in [6, 6.07) is 16.8. The molecule has 2 aromatic carbocycles. The van der Waals surface area contributed by atoms with Crippen molar-refractivity contribution in [2.45, 2.75) is 12.1 Å². The van der Waals surface area contributed by atoms with Crippen molar-refractivity contribution in [2.75, 3.05) is 46.9 Å². The number of hydrogen-bond donors (Lipinski definition) is 0. The maximum Gasteiger partial charge on any atom is 0.267 e. The number of para-hydroxylation sites is 2. The second-order valence-corrected chi connectivity index (χ2v) is 7.77. The summed E-state index contributed by atoms with van der Waals surface area (Å²) in [5, 5.41) is 0. The molecule has 2 heterocycles. The first-order valence-electron chi connectivity index (χ1n) is 10.2. The van der Waals surface area contributed by atoms with Crippen LogP contribution < -0.4 is 9.47 Å². The molecule has 30 heavy (non-hydrogen) atoms. The normalized spacial score (nSPS) is 19.8. The number of ether oxygens (including phenoxy) is 2. The van der Waals surface area contributed by atoms with Crippen molar-refractivity contribution in [1.82, 2.24) is 14.7 Å². The number of hydrogen-bond acceptors (Lipinski definition) is 5. The number of carbonyl (C=O) groups is 2. The van der Waals surface area contributed by atoms with Crippen molar-refractivity contribution in [3.63, 3.8) is 0 Å². The summed E-state index contributed by atoms with van der Waals surface area (Å²) in [6.45, 7) is 2.54. The van der Waals surface area contributed by atoms with Crippen LogP contribution in [0.3, 0.4) is 0 Å². The van der Waals surface area contributed by atoms with Crippen LogP contribution >= 0.6 is 0 Å². The molecule has 0 unspecified atom stereocenters.